The normalized spacial score (nSPS) is 17.0. The first-order valence-corrected chi connectivity index (χ1v) is 8.55. The van der Waals surface area contributed by atoms with Crippen molar-refractivity contribution in [3.63, 3.8) is 0 Å². The molecule has 2 aromatic rings. The Morgan fingerprint density at radius 1 is 1.12 bits per heavy atom. The number of rotatable bonds is 4. The van der Waals surface area contributed by atoms with Gasteiger partial charge in [0.2, 0.25) is 0 Å². The van der Waals surface area contributed by atoms with Crippen molar-refractivity contribution in [3.05, 3.63) is 58.0 Å². The standard InChI is InChI=1S/C18H15ClN2O3S/c1-23-12-7-11(8-13(10-12)24-2)9-16-17(22)21-18(25-16)20-15-6-4-3-5-14(15)19/h3-10H,1-2H3,(H,20,21,22)/b16-9+. The third-order valence-electron chi connectivity index (χ3n) is 3.40. The molecule has 1 heterocycles. The largest absolute Gasteiger partial charge is 0.497 e. The van der Waals surface area contributed by atoms with E-state index >= 15 is 0 Å². The number of halogens is 1. The molecular weight excluding hydrogens is 360 g/mol. The monoisotopic (exact) mass is 374 g/mol. The number of para-hydroxylation sites is 1. The van der Waals surface area contributed by atoms with Gasteiger partial charge in [-0.25, -0.2) is 4.99 Å². The Kier molecular flexibility index (Phi) is 5.31. The van der Waals surface area contributed by atoms with E-state index in [4.69, 9.17) is 21.1 Å². The third kappa shape index (κ3) is 4.15. The van der Waals surface area contributed by atoms with Crippen LogP contribution in [-0.4, -0.2) is 25.3 Å². The number of nitrogens with zero attached hydrogens (tertiary/aromatic N) is 1. The predicted molar refractivity (Wildman–Crippen MR) is 102 cm³/mol. The summed E-state index contributed by atoms with van der Waals surface area (Å²) in [5.41, 5.74) is 1.41. The van der Waals surface area contributed by atoms with Gasteiger partial charge in [0.1, 0.15) is 11.5 Å². The fourth-order valence-electron chi connectivity index (χ4n) is 2.20. The molecule has 0 unspecified atom stereocenters. The lowest BCUT2D eigenvalue weighted by atomic mass is 10.2. The van der Waals surface area contributed by atoms with Crippen LogP contribution < -0.4 is 14.8 Å². The van der Waals surface area contributed by atoms with Crippen molar-refractivity contribution in [2.45, 2.75) is 0 Å². The Labute approximate surface area is 154 Å². The third-order valence-corrected chi connectivity index (χ3v) is 4.63. The molecule has 7 heteroatoms. The van der Waals surface area contributed by atoms with E-state index in [0.29, 0.717) is 32.3 Å². The number of amidine groups is 1. The maximum absolute atomic E-state index is 12.2. The Bertz CT molecular complexity index is 858. The number of methoxy groups -OCH3 is 2. The van der Waals surface area contributed by atoms with Crippen molar-refractivity contribution in [1.82, 2.24) is 5.32 Å². The van der Waals surface area contributed by atoms with Crippen molar-refractivity contribution in [1.29, 1.82) is 0 Å². The lowest BCUT2D eigenvalue weighted by Gasteiger charge is -2.06. The van der Waals surface area contributed by atoms with Gasteiger partial charge in [-0.2, -0.15) is 0 Å². The van der Waals surface area contributed by atoms with E-state index in [1.54, 1.807) is 38.5 Å². The molecule has 3 rings (SSSR count). The number of benzene rings is 2. The molecule has 1 aliphatic heterocycles. The Morgan fingerprint density at radius 3 is 2.44 bits per heavy atom. The minimum absolute atomic E-state index is 0.211. The van der Waals surface area contributed by atoms with Gasteiger partial charge in [0.25, 0.3) is 5.91 Å². The van der Waals surface area contributed by atoms with E-state index in [9.17, 15) is 4.79 Å². The predicted octanol–water partition coefficient (Wildman–Crippen LogP) is 4.25. The van der Waals surface area contributed by atoms with Crippen LogP contribution in [-0.2, 0) is 4.79 Å². The van der Waals surface area contributed by atoms with Crippen LogP contribution in [0, 0.1) is 0 Å². The number of amides is 1. The summed E-state index contributed by atoms with van der Waals surface area (Å²) in [6.07, 6.45) is 1.76. The quantitative estimate of drug-likeness (QED) is 0.813. The number of nitrogens with one attached hydrogen (secondary N) is 1. The van der Waals surface area contributed by atoms with Crippen molar-refractivity contribution in [3.8, 4) is 11.5 Å². The van der Waals surface area contributed by atoms with Crippen LogP contribution in [0.5, 0.6) is 11.5 Å². The molecule has 0 saturated carbocycles. The second-order valence-electron chi connectivity index (χ2n) is 5.08. The molecule has 1 N–H and O–H groups in total. The van der Waals surface area contributed by atoms with Crippen LogP contribution in [0.3, 0.4) is 0 Å². The zero-order valence-electron chi connectivity index (χ0n) is 13.6. The average Bonchev–Trinajstić information content (AvgIpc) is 2.95. The minimum Gasteiger partial charge on any atom is -0.497 e. The molecule has 0 atom stereocenters. The van der Waals surface area contributed by atoms with Gasteiger partial charge < -0.3 is 14.8 Å². The molecule has 128 valence electrons. The highest BCUT2D eigenvalue weighted by molar-refractivity contribution is 8.18. The Morgan fingerprint density at radius 2 is 1.80 bits per heavy atom. The van der Waals surface area contributed by atoms with Gasteiger partial charge in [-0.15, -0.1) is 0 Å². The molecule has 0 aliphatic carbocycles. The molecule has 2 aromatic carbocycles. The van der Waals surface area contributed by atoms with Gasteiger partial charge in [0.05, 0.1) is 29.8 Å². The number of ether oxygens (including phenoxy) is 2. The number of carbonyl (C=O) groups is 1. The first-order chi connectivity index (χ1) is 12.1. The average molecular weight is 375 g/mol. The summed E-state index contributed by atoms with van der Waals surface area (Å²) in [6.45, 7) is 0. The van der Waals surface area contributed by atoms with Crippen LogP contribution in [0.25, 0.3) is 6.08 Å². The van der Waals surface area contributed by atoms with Crippen LogP contribution in [0.2, 0.25) is 5.02 Å². The molecule has 0 spiro atoms. The summed E-state index contributed by atoms with van der Waals surface area (Å²) in [4.78, 5) is 17.1. The van der Waals surface area contributed by atoms with Crippen molar-refractivity contribution in [2.24, 2.45) is 4.99 Å². The fourth-order valence-corrected chi connectivity index (χ4v) is 3.21. The summed E-state index contributed by atoms with van der Waals surface area (Å²) in [5, 5.41) is 3.75. The molecule has 25 heavy (non-hydrogen) atoms. The second kappa shape index (κ2) is 7.63. The molecule has 0 bridgehead atoms. The Balaban J connectivity index is 1.88. The van der Waals surface area contributed by atoms with E-state index < -0.39 is 0 Å². The van der Waals surface area contributed by atoms with Gasteiger partial charge in [-0.05, 0) is 47.7 Å². The highest BCUT2D eigenvalue weighted by atomic mass is 35.5. The molecule has 5 nitrogen and oxygen atoms in total. The zero-order chi connectivity index (χ0) is 17.8. The molecule has 1 fully saturated rings. The van der Waals surface area contributed by atoms with E-state index in [0.717, 1.165) is 5.56 Å². The number of hydrogen-bond acceptors (Lipinski definition) is 5. The van der Waals surface area contributed by atoms with Gasteiger partial charge in [-0.1, -0.05) is 23.7 Å². The SMILES string of the molecule is COc1cc(/C=C2/SC(=Nc3ccccc3Cl)NC2=O)cc(OC)c1. The van der Waals surface area contributed by atoms with E-state index in [1.807, 2.05) is 24.3 Å². The molecule has 1 saturated heterocycles. The molecule has 1 aliphatic rings. The second-order valence-corrected chi connectivity index (χ2v) is 6.52. The van der Waals surface area contributed by atoms with Crippen LogP contribution in [0.1, 0.15) is 5.56 Å². The van der Waals surface area contributed by atoms with Crippen molar-refractivity contribution < 1.29 is 14.3 Å². The summed E-state index contributed by atoms with van der Waals surface area (Å²) in [6, 6.07) is 12.6. The van der Waals surface area contributed by atoms with Gasteiger partial charge >= 0.3 is 0 Å². The summed E-state index contributed by atoms with van der Waals surface area (Å²) in [7, 11) is 3.16. The topological polar surface area (TPSA) is 59.9 Å². The molecule has 0 radical (unpaired) electrons. The first-order valence-electron chi connectivity index (χ1n) is 7.36. The zero-order valence-corrected chi connectivity index (χ0v) is 15.1. The number of aliphatic imine (C=N–C) groups is 1. The minimum atomic E-state index is -0.211. The molecular formula is C18H15ClN2O3S. The summed E-state index contributed by atoms with van der Waals surface area (Å²) in [5.74, 6) is 1.09. The number of carbonyl (C=O) groups excluding carboxylic acids is 1. The summed E-state index contributed by atoms with van der Waals surface area (Å²) >= 11 is 7.35. The highest BCUT2D eigenvalue weighted by Crippen LogP contribution is 2.32. The Hall–Kier alpha value is -2.44. The van der Waals surface area contributed by atoms with E-state index in [2.05, 4.69) is 10.3 Å². The van der Waals surface area contributed by atoms with Crippen molar-refractivity contribution >= 4 is 46.2 Å². The highest BCUT2D eigenvalue weighted by Gasteiger charge is 2.24. The van der Waals surface area contributed by atoms with Gasteiger partial charge in [-0.3, -0.25) is 4.79 Å². The number of thioether (sulfide) groups is 1. The lowest BCUT2D eigenvalue weighted by Crippen LogP contribution is -2.19. The first kappa shape index (κ1) is 17.4. The van der Waals surface area contributed by atoms with Gasteiger partial charge in [0.15, 0.2) is 5.17 Å². The maximum atomic E-state index is 12.2. The lowest BCUT2D eigenvalue weighted by molar-refractivity contribution is -0.115. The molecule has 0 aromatic heterocycles. The smallest absolute Gasteiger partial charge is 0.264 e. The maximum Gasteiger partial charge on any atom is 0.264 e. The molecule has 1 amide bonds. The number of hydrogen-bond donors (Lipinski definition) is 1. The summed E-state index contributed by atoms with van der Waals surface area (Å²) < 4.78 is 10.5. The van der Waals surface area contributed by atoms with Crippen LogP contribution in [0.4, 0.5) is 5.69 Å². The van der Waals surface area contributed by atoms with Crippen molar-refractivity contribution in [2.75, 3.05) is 14.2 Å². The fraction of sp³-hybridized carbons (Fsp3) is 0.111. The van der Waals surface area contributed by atoms with Crippen LogP contribution in [0.15, 0.2) is 52.4 Å². The van der Waals surface area contributed by atoms with E-state index in [-0.39, 0.29) is 5.91 Å². The van der Waals surface area contributed by atoms with E-state index in [1.165, 1.54) is 11.8 Å². The van der Waals surface area contributed by atoms with Gasteiger partial charge in [0, 0.05) is 6.07 Å². The van der Waals surface area contributed by atoms with Crippen LogP contribution >= 0.6 is 23.4 Å².